The van der Waals surface area contributed by atoms with E-state index in [1.54, 1.807) is 26.8 Å². The fraction of sp³-hybridized carbons (Fsp3) is 0.750. The van der Waals surface area contributed by atoms with Crippen LogP contribution in [0, 0.1) is 0 Å². The number of alkyl carbamates (subject to hydrolysis) is 1. The first-order valence-electron chi connectivity index (χ1n) is 9.93. The molecule has 3 N–H and O–H groups in total. The number of hydrogen-bond donors (Lipinski definition) is 3. The van der Waals surface area contributed by atoms with Crippen LogP contribution in [0.1, 0.15) is 53.4 Å². The Morgan fingerprint density at radius 3 is 2.52 bits per heavy atom. The van der Waals surface area contributed by atoms with Crippen molar-refractivity contribution in [3.05, 3.63) is 12.7 Å². The van der Waals surface area contributed by atoms with Crippen molar-refractivity contribution in [2.45, 2.75) is 83.3 Å². The Bertz CT molecular complexity index is 588. The van der Waals surface area contributed by atoms with E-state index in [-0.39, 0.29) is 13.0 Å². The summed E-state index contributed by atoms with van der Waals surface area (Å²) in [5.74, 6) is -1.82. The largest absolute Gasteiger partial charge is 0.480 e. The number of hydrogen-bond acceptors (Lipinski definition) is 6. The zero-order valence-corrected chi connectivity index (χ0v) is 17.7. The lowest BCUT2D eigenvalue weighted by Crippen LogP contribution is -2.57. The standard InChI is InChI=1S/C20H34N2O7/c1-6-8-9-10-28-15(7-2)16(21-19(27)29-20(3,4)5)17(24)22-12-13(23)11-14(22)18(25)26/h6,13-16,23H,1,7-12H2,2-5H3,(H,21,27)(H,25,26)/t13?,14?,15-,16-/m0/s1. The van der Waals surface area contributed by atoms with Gasteiger partial charge in [-0.1, -0.05) is 13.0 Å². The maximum atomic E-state index is 13.2. The van der Waals surface area contributed by atoms with Gasteiger partial charge in [-0.15, -0.1) is 6.58 Å². The minimum atomic E-state index is -1.20. The molecule has 9 heteroatoms. The number of ether oxygens (including phenoxy) is 2. The maximum absolute atomic E-state index is 13.2. The number of carbonyl (C=O) groups excluding carboxylic acids is 2. The predicted molar refractivity (Wildman–Crippen MR) is 106 cm³/mol. The number of carbonyl (C=O) groups is 3. The molecule has 166 valence electrons. The summed E-state index contributed by atoms with van der Waals surface area (Å²) in [6.07, 6.45) is 1.15. The van der Waals surface area contributed by atoms with Gasteiger partial charge in [0.2, 0.25) is 5.91 Å². The smallest absolute Gasteiger partial charge is 0.408 e. The van der Waals surface area contributed by atoms with Crippen LogP contribution >= 0.6 is 0 Å². The third kappa shape index (κ3) is 8.02. The fourth-order valence-corrected chi connectivity index (χ4v) is 3.13. The van der Waals surface area contributed by atoms with Crippen LogP contribution in [0.5, 0.6) is 0 Å². The van der Waals surface area contributed by atoms with E-state index >= 15 is 0 Å². The molecule has 4 atom stereocenters. The minimum absolute atomic E-state index is 0.0583. The van der Waals surface area contributed by atoms with Gasteiger partial charge in [0.05, 0.1) is 12.2 Å². The summed E-state index contributed by atoms with van der Waals surface area (Å²) >= 11 is 0. The van der Waals surface area contributed by atoms with Gasteiger partial charge in [-0.3, -0.25) is 4.79 Å². The zero-order chi connectivity index (χ0) is 22.2. The second-order valence-corrected chi connectivity index (χ2v) is 8.11. The van der Waals surface area contributed by atoms with Crippen molar-refractivity contribution in [3.8, 4) is 0 Å². The number of carboxylic acid groups (broad SMARTS) is 1. The summed E-state index contributed by atoms with van der Waals surface area (Å²) in [5, 5.41) is 21.8. The first-order valence-corrected chi connectivity index (χ1v) is 9.93. The molecule has 0 saturated carbocycles. The molecule has 1 rings (SSSR count). The van der Waals surface area contributed by atoms with Gasteiger partial charge in [0.25, 0.3) is 0 Å². The van der Waals surface area contributed by atoms with E-state index in [0.717, 1.165) is 11.3 Å². The number of amides is 2. The van der Waals surface area contributed by atoms with Crippen LogP contribution in [0.3, 0.4) is 0 Å². The monoisotopic (exact) mass is 414 g/mol. The van der Waals surface area contributed by atoms with Gasteiger partial charge in [0.1, 0.15) is 17.7 Å². The highest BCUT2D eigenvalue weighted by molar-refractivity contribution is 5.90. The molecule has 2 amide bonds. The molecule has 1 aliphatic rings. The Morgan fingerprint density at radius 1 is 1.34 bits per heavy atom. The molecule has 1 saturated heterocycles. The summed E-state index contributed by atoms with van der Waals surface area (Å²) in [4.78, 5) is 38.1. The first-order chi connectivity index (χ1) is 13.5. The fourth-order valence-electron chi connectivity index (χ4n) is 3.13. The second kappa shape index (κ2) is 11.2. The van der Waals surface area contributed by atoms with Crippen LogP contribution in [0.25, 0.3) is 0 Å². The summed E-state index contributed by atoms with van der Waals surface area (Å²) in [6.45, 7) is 10.8. The number of carboxylic acids is 1. The van der Waals surface area contributed by atoms with E-state index in [9.17, 15) is 24.6 Å². The average molecular weight is 414 g/mol. The van der Waals surface area contributed by atoms with Crippen molar-refractivity contribution in [1.29, 1.82) is 0 Å². The number of aliphatic carboxylic acids is 1. The number of allylic oxidation sites excluding steroid dienone is 1. The second-order valence-electron chi connectivity index (χ2n) is 8.11. The quantitative estimate of drug-likeness (QED) is 0.367. The van der Waals surface area contributed by atoms with Crippen molar-refractivity contribution in [3.63, 3.8) is 0 Å². The van der Waals surface area contributed by atoms with Crippen molar-refractivity contribution >= 4 is 18.0 Å². The molecule has 29 heavy (non-hydrogen) atoms. The van der Waals surface area contributed by atoms with Gasteiger partial charge in [0, 0.05) is 19.6 Å². The normalized spacial score (nSPS) is 21.3. The highest BCUT2D eigenvalue weighted by Crippen LogP contribution is 2.21. The SMILES string of the molecule is C=CCCCO[C@@H](CC)[C@H](NC(=O)OC(C)(C)C)C(=O)N1CC(O)CC1C(=O)O. The van der Waals surface area contributed by atoms with E-state index in [1.165, 1.54) is 0 Å². The van der Waals surface area contributed by atoms with E-state index in [1.807, 2.05) is 6.92 Å². The highest BCUT2D eigenvalue weighted by atomic mass is 16.6. The topological polar surface area (TPSA) is 125 Å². The maximum Gasteiger partial charge on any atom is 0.408 e. The van der Waals surface area contributed by atoms with Crippen LogP contribution in [0.4, 0.5) is 4.79 Å². The lowest BCUT2D eigenvalue weighted by molar-refractivity contribution is -0.150. The number of nitrogens with zero attached hydrogens (tertiary/aromatic N) is 1. The van der Waals surface area contributed by atoms with E-state index in [2.05, 4.69) is 11.9 Å². The lowest BCUT2D eigenvalue weighted by Gasteiger charge is -2.32. The number of nitrogens with one attached hydrogen (secondary N) is 1. The van der Waals surface area contributed by atoms with E-state index in [4.69, 9.17) is 9.47 Å². The molecule has 0 radical (unpaired) electrons. The molecule has 0 aromatic rings. The Kier molecular flexibility index (Phi) is 9.58. The minimum Gasteiger partial charge on any atom is -0.480 e. The molecule has 0 bridgehead atoms. The number of unbranched alkanes of at least 4 members (excludes halogenated alkanes) is 1. The number of β-amino-alcohol motifs (C(OH)–C–C–N with tert-alkyl or cyclic N) is 1. The predicted octanol–water partition coefficient (Wildman–Crippen LogP) is 1.69. The molecule has 0 aromatic carbocycles. The van der Waals surface area contributed by atoms with Gasteiger partial charge >= 0.3 is 12.1 Å². The molecule has 0 aromatic heterocycles. The van der Waals surface area contributed by atoms with Crippen LogP contribution in [0.15, 0.2) is 12.7 Å². The van der Waals surface area contributed by atoms with Crippen molar-refractivity contribution < 1.29 is 34.1 Å². The molecule has 0 spiro atoms. The Balaban J connectivity index is 3.03. The van der Waals surface area contributed by atoms with Gasteiger partial charge in [0.15, 0.2) is 0 Å². The zero-order valence-electron chi connectivity index (χ0n) is 17.7. The number of rotatable bonds is 10. The molecule has 0 aliphatic carbocycles. The Hall–Kier alpha value is -2.13. The van der Waals surface area contributed by atoms with Gasteiger partial charge in [-0.05, 0) is 40.0 Å². The number of aliphatic hydroxyl groups is 1. The van der Waals surface area contributed by atoms with Crippen LogP contribution in [0.2, 0.25) is 0 Å². The average Bonchev–Trinajstić information content (AvgIpc) is 3.00. The van der Waals surface area contributed by atoms with Crippen molar-refractivity contribution in [2.24, 2.45) is 0 Å². The summed E-state index contributed by atoms with van der Waals surface area (Å²) in [6, 6.07) is -2.29. The lowest BCUT2D eigenvalue weighted by atomic mass is 10.1. The van der Waals surface area contributed by atoms with Crippen LogP contribution in [-0.4, -0.2) is 76.1 Å². The molecule has 2 unspecified atom stereocenters. The summed E-state index contributed by atoms with van der Waals surface area (Å²) in [7, 11) is 0. The van der Waals surface area contributed by atoms with Gasteiger partial charge < -0.3 is 29.9 Å². The van der Waals surface area contributed by atoms with Gasteiger partial charge in [-0.25, -0.2) is 9.59 Å². The van der Waals surface area contributed by atoms with E-state index in [0.29, 0.717) is 19.4 Å². The third-order valence-electron chi connectivity index (χ3n) is 4.44. The highest BCUT2D eigenvalue weighted by Gasteiger charge is 2.43. The molecular weight excluding hydrogens is 380 g/mol. The summed E-state index contributed by atoms with van der Waals surface area (Å²) in [5.41, 5.74) is -0.766. The van der Waals surface area contributed by atoms with Crippen LogP contribution in [-0.2, 0) is 19.1 Å². The molecule has 1 aliphatic heterocycles. The number of likely N-dealkylation sites (tertiary alicyclic amines) is 1. The van der Waals surface area contributed by atoms with E-state index < -0.39 is 47.9 Å². The first kappa shape index (κ1) is 24.9. The Labute approximate surface area is 172 Å². The molecule has 1 heterocycles. The van der Waals surface area contributed by atoms with Crippen molar-refractivity contribution in [2.75, 3.05) is 13.2 Å². The third-order valence-corrected chi connectivity index (χ3v) is 4.44. The molecule has 9 nitrogen and oxygen atoms in total. The van der Waals surface area contributed by atoms with Gasteiger partial charge in [-0.2, -0.15) is 0 Å². The Morgan fingerprint density at radius 2 is 2.00 bits per heavy atom. The van der Waals surface area contributed by atoms with Crippen molar-refractivity contribution in [1.82, 2.24) is 10.2 Å². The molecule has 1 fully saturated rings. The number of aliphatic hydroxyl groups excluding tert-OH is 1. The van der Waals surface area contributed by atoms with Crippen LogP contribution < -0.4 is 5.32 Å². The molecular formula is C20H34N2O7. The summed E-state index contributed by atoms with van der Waals surface area (Å²) < 4.78 is 11.1.